The van der Waals surface area contributed by atoms with Gasteiger partial charge in [0.15, 0.2) is 11.5 Å². The van der Waals surface area contributed by atoms with Gasteiger partial charge in [0.2, 0.25) is 0 Å². The molecule has 0 saturated heterocycles. The third-order valence-electron chi connectivity index (χ3n) is 4.52. The van der Waals surface area contributed by atoms with E-state index in [0.29, 0.717) is 25.6 Å². The number of carbonyl (C=O) groups excluding carboxylic acids is 1. The van der Waals surface area contributed by atoms with Crippen LogP contribution in [0.2, 0.25) is 0 Å². The van der Waals surface area contributed by atoms with Crippen LogP contribution in [0.3, 0.4) is 0 Å². The lowest BCUT2D eigenvalue weighted by Crippen LogP contribution is -2.33. The maximum Gasteiger partial charge on any atom is 0.310 e. The molecular weight excluding hydrogens is 316 g/mol. The molecule has 2 rings (SSSR count). The summed E-state index contributed by atoms with van der Waals surface area (Å²) in [7, 11) is 0. The zero-order chi connectivity index (χ0) is 18.4. The summed E-state index contributed by atoms with van der Waals surface area (Å²) < 4.78 is 17.0. The van der Waals surface area contributed by atoms with Crippen molar-refractivity contribution >= 4 is 5.97 Å². The van der Waals surface area contributed by atoms with Gasteiger partial charge in [0.05, 0.1) is 5.92 Å². The zero-order valence-electron chi connectivity index (χ0n) is 16.3. The van der Waals surface area contributed by atoms with E-state index in [0.717, 1.165) is 36.3 Å². The minimum Gasteiger partial charge on any atom is -0.486 e. The number of esters is 1. The van der Waals surface area contributed by atoms with Gasteiger partial charge < -0.3 is 14.2 Å². The van der Waals surface area contributed by atoms with Gasteiger partial charge in [0.1, 0.15) is 18.8 Å². The average Bonchev–Trinajstić information content (AvgIpc) is 2.56. The summed E-state index contributed by atoms with van der Waals surface area (Å²) in [5, 5.41) is 0. The van der Waals surface area contributed by atoms with E-state index in [4.69, 9.17) is 14.2 Å². The highest BCUT2D eigenvalue weighted by Crippen LogP contribution is 2.34. The highest BCUT2D eigenvalue weighted by atomic mass is 16.6. The fraction of sp³-hybridized carbons (Fsp3) is 0.667. The third kappa shape index (κ3) is 5.65. The van der Waals surface area contributed by atoms with E-state index in [1.54, 1.807) is 0 Å². The molecule has 25 heavy (non-hydrogen) atoms. The monoisotopic (exact) mass is 348 g/mol. The topological polar surface area (TPSA) is 44.8 Å². The average molecular weight is 348 g/mol. The van der Waals surface area contributed by atoms with Crippen molar-refractivity contribution in [2.45, 2.75) is 65.9 Å². The Bertz CT molecular complexity index is 574. The van der Waals surface area contributed by atoms with Crippen LogP contribution in [0.15, 0.2) is 18.2 Å². The van der Waals surface area contributed by atoms with Gasteiger partial charge in [0.25, 0.3) is 0 Å². The molecule has 0 amide bonds. The molecule has 0 spiro atoms. The number of hydrogen-bond donors (Lipinski definition) is 0. The zero-order valence-corrected chi connectivity index (χ0v) is 16.3. The number of benzene rings is 1. The van der Waals surface area contributed by atoms with Crippen LogP contribution in [0.1, 0.15) is 59.4 Å². The van der Waals surface area contributed by atoms with Gasteiger partial charge in [-0.25, -0.2) is 0 Å². The first-order chi connectivity index (χ1) is 11.8. The van der Waals surface area contributed by atoms with E-state index >= 15 is 0 Å². The molecule has 2 unspecified atom stereocenters. The van der Waals surface area contributed by atoms with Crippen molar-refractivity contribution in [3.63, 3.8) is 0 Å². The van der Waals surface area contributed by atoms with Gasteiger partial charge >= 0.3 is 5.97 Å². The van der Waals surface area contributed by atoms with E-state index in [9.17, 15) is 4.79 Å². The lowest BCUT2D eigenvalue weighted by molar-refractivity contribution is -0.162. The van der Waals surface area contributed by atoms with Crippen molar-refractivity contribution in [3.8, 4) is 11.5 Å². The second-order valence-corrected chi connectivity index (χ2v) is 7.78. The Morgan fingerprint density at radius 2 is 1.84 bits per heavy atom. The number of carbonyl (C=O) groups is 1. The van der Waals surface area contributed by atoms with Crippen LogP contribution in [-0.4, -0.2) is 24.8 Å². The Kier molecular flexibility index (Phi) is 6.74. The first kappa shape index (κ1) is 19.6. The Morgan fingerprint density at radius 1 is 1.16 bits per heavy atom. The third-order valence-corrected chi connectivity index (χ3v) is 4.52. The summed E-state index contributed by atoms with van der Waals surface area (Å²) in [5.41, 5.74) is 0.627. The molecule has 0 saturated carbocycles. The van der Waals surface area contributed by atoms with Crippen LogP contribution in [0.5, 0.6) is 11.5 Å². The molecule has 4 nitrogen and oxygen atoms in total. The minimum atomic E-state index is -0.466. The molecule has 0 fully saturated rings. The standard InChI is InChI=1S/C21H32O4/c1-6-8-16(7-2)17(20(22)25-21(3,4)5)13-15-9-10-18-19(14-15)24-12-11-23-18/h9-10,14,16-17H,6-8,11-13H2,1-5H3. The molecule has 0 aliphatic carbocycles. The molecule has 1 aliphatic rings. The highest BCUT2D eigenvalue weighted by molar-refractivity contribution is 5.73. The van der Waals surface area contributed by atoms with Crippen LogP contribution < -0.4 is 9.47 Å². The van der Waals surface area contributed by atoms with Crippen molar-refractivity contribution in [2.75, 3.05) is 13.2 Å². The lowest BCUT2D eigenvalue weighted by atomic mass is 9.82. The predicted octanol–water partition coefficient (Wildman–Crippen LogP) is 4.78. The molecule has 140 valence electrons. The van der Waals surface area contributed by atoms with E-state index in [-0.39, 0.29) is 11.9 Å². The number of ether oxygens (including phenoxy) is 3. The Morgan fingerprint density at radius 3 is 2.44 bits per heavy atom. The molecular formula is C21H32O4. The summed E-state index contributed by atoms with van der Waals surface area (Å²) in [4.78, 5) is 12.8. The maximum atomic E-state index is 12.8. The lowest BCUT2D eigenvalue weighted by Gasteiger charge is -2.29. The fourth-order valence-electron chi connectivity index (χ4n) is 3.35. The van der Waals surface area contributed by atoms with Crippen LogP contribution in [0, 0.1) is 11.8 Å². The molecule has 0 bridgehead atoms. The summed E-state index contributed by atoms with van der Waals surface area (Å²) in [5.74, 6) is 1.65. The fourth-order valence-corrected chi connectivity index (χ4v) is 3.35. The van der Waals surface area contributed by atoms with E-state index < -0.39 is 5.60 Å². The van der Waals surface area contributed by atoms with Crippen LogP contribution in [-0.2, 0) is 16.0 Å². The predicted molar refractivity (Wildman–Crippen MR) is 99.2 cm³/mol. The SMILES string of the molecule is CCCC(CC)C(Cc1ccc2c(c1)OCCO2)C(=O)OC(C)(C)C. The van der Waals surface area contributed by atoms with Crippen LogP contribution >= 0.6 is 0 Å². The van der Waals surface area contributed by atoms with E-state index in [1.165, 1.54) is 0 Å². The molecule has 1 heterocycles. The van der Waals surface area contributed by atoms with Crippen molar-refractivity contribution in [3.05, 3.63) is 23.8 Å². The highest BCUT2D eigenvalue weighted by Gasteiger charge is 2.31. The Balaban J connectivity index is 2.21. The Hall–Kier alpha value is -1.71. The molecule has 1 aromatic rings. The normalized spacial score (nSPS) is 16.2. The van der Waals surface area contributed by atoms with Gasteiger partial charge in [-0.1, -0.05) is 32.8 Å². The second-order valence-electron chi connectivity index (χ2n) is 7.78. The van der Waals surface area contributed by atoms with Gasteiger partial charge in [-0.05, 0) is 57.2 Å². The smallest absolute Gasteiger partial charge is 0.310 e. The summed E-state index contributed by atoms with van der Waals surface area (Å²) in [6.45, 7) is 11.2. The van der Waals surface area contributed by atoms with Crippen molar-refractivity contribution in [1.82, 2.24) is 0 Å². The van der Waals surface area contributed by atoms with E-state index in [1.807, 2.05) is 39.0 Å². The van der Waals surface area contributed by atoms with Gasteiger partial charge in [-0.2, -0.15) is 0 Å². The number of fused-ring (bicyclic) bond motifs is 1. The van der Waals surface area contributed by atoms with Gasteiger partial charge in [-0.3, -0.25) is 4.79 Å². The molecule has 0 aromatic heterocycles. The van der Waals surface area contributed by atoms with Crippen molar-refractivity contribution in [1.29, 1.82) is 0 Å². The maximum absolute atomic E-state index is 12.8. The summed E-state index contributed by atoms with van der Waals surface area (Å²) in [6.07, 6.45) is 3.75. The number of rotatable bonds is 7. The van der Waals surface area contributed by atoms with E-state index in [2.05, 4.69) is 13.8 Å². The molecule has 4 heteroatoms. The molecule has 0 N–H and O–H groups in total. The largest absolute Gasteiger partial charge is 0.486 e. The second kappa shape index (κ2) is 8.59. The first-order valence-corrected chi connectivity index (χ1v) is 9.45. The molecule has 2 atom stereocenters. The number of hydrogen-bond acceptors (Lipinski definition) is 4. The van der Waals surface area contributed by atoms with Gasteiger partial charge in [0, 0.05) is 0 Å². The molecule has 1 aliphatic heterocycles. The molecule has 1 aromatic carbocycles. The van der Waals surface area contributed by atoms with Crippen molar-refractivity contribution in [2.24, 2.45) is 11.8 Å². The summed E-state index contributed by atoms with van der Waals surface area (Å²) in [6, 6.07) is 5.98. The van der Waals surface area contributed by atoms with Gasteiger partial charge in [-0.15, -0.1) is 0 Å². The molecule has 0 radical (unpaired) electrons. The van der Waals surface area contributed by atoms with Crippen LogP contribution in [0.4, 0.5) is 0 Å². The quantitative estimate of drug-likeness (QED) is 0.665. The van der Waals surface area contributed by atoms with Crippen LogP contribution in [0.25, 0.3) is 0 Å². The minimum absolute atomic E-state index is 0.0947. The first-order valence-electron chi connectivity index (χ1n) is 9.45. The van der Waals surface area contributed by atoms with Crippen molar-refractivity contribution < 1.29 is 19.0 Å². The Labute approximate surface area is 151 Å². The summed E-state index contributed by atoms with van der Waals surface area (Å²) >= 11 is 0.